The van der Waals surface area contributed by atoms with Crippen LogP contribution >= 0.6 is 0 Å². The summed E-state index contributed by atoms with van der Waals surface area (Å²) in [6.45, 7) is -0.208. The molecule has 20 heavy (non-hydrogen) atoms. The van der Waals surface area contributed by atoms with E-state index in [1.54, 1.807) is 30.2 Å². The summed E-state index contributed by atoms with van der Waals surface area (Å²) in [4.78, 5) is 0. The molecule has 0 atom stereocenters. The third-order valence-corrected chi connectivity index (χ3v) is 2.94. The molecule has 2 heterocycles. The van der Waals surface area contributed by atoms with Crippen LogP contribution < -0.4 is 4.74 Å². The largest absolute Gasteiger partial charge is 0.497 e. The summed E-state index contributed by atoms with van der Waals surface area (Å²) < 4.78 is 12.2. The highest BCUT2D eigenvalue weighted by Gasteiger charge is 2.18. The SMILES string of the molecule is COc1cccc(-n2nnc(CO)c2-c2ccco2)c1. The number of rotatable bonds is 4. The number of aliphatic hydroxyl groups is 1. The Morgan fingerprint density at radius 2 is 2.20 bits per heavy atom. The number of nitrogens with zero attached hydrogens (tertiary/aromatic N) is 3. The van der Waals surface area contributed by atoms with Crippen LogP contribution in [0.2, 0.25) is 0 Å². The van der Waals surface area contributed by atoms with Crippen molar-refractivity contribution in [3.8, 4) is 22.9 Å². The third-order valence-electron chi connectivity index (χ3n) is 2.94. The van der Waals surface area contributed by atoms with Gasteiger partial charge in [0.1, 0.15) is 17.1 Å². The number of hydrogen-bond donors (Lipinski definition) is 1. The normalized spacial score (nSPS) is 10.7. The van der Waals surface area contributed by atoms with Gasteiger partial charge in [-0.3, -0.25) is 0 Å². The lowest BCUT2D eigenvalue weighted by Crippen LogP contribution is -2.00. The van der Waals surface area contributed by atoms with Crippen LogP contribution in [0.25, 0.3) is 17.1 Å². The van der Waals surface area contributed by atoms with Gasteiger partial charge in [-0.25, -0.2) is 4.68 Å². The lowest BCUT2D eigenvalue weighted by molar-refractivity contribution is 0.277. The van der Waals surface area contributed by atoms with Crippen molar-refractivity contribution in [1.82, 2.24) is 15.0 Å². The van der Waals surface area contributed by atoms with Crippen molar-refractivity contribution in [3.05, 3.63) is 48.4 Å². The van der Waals surface area contributed by atoms with Crippen LogP contribution in [0.5, 0.6) is 5.75 Å². The second-order valence-electron chi connectivity index (χ2n) is 4.13. The van der Waals surface area contributed by atoms with E-state index in [0.717, 1.165) is 5.69 Å². The lowest BCUT2D eigenvalue weighted by atomic mass is 10.2. The van der Waals surface area contributed by atoms with E-state index in [4.69, 9.17) is 9.15 Å². The van der Waals surface area contributed by atoms with E-state index in [0.29, 0.717) is 22.9 Å². The summed E-state index contributed by atoms with van der Waals surface area (Å²) >= 11 is 0. The second kappa shape index (κ2) is 5.18. The van der Waals surface area contributed by atoms with Gasteiger partial charge in [0.25, 0.3) is 0 Å². The molecule has 102 valence electrons. The van der Waals surface area contributed by atoms with Crippen LogP contribution in [0, 0.1) is 0 Å². The number of ether oxygens (including phenoxy) is 1. The fourth-order valence-corrected chi connectivity index (χ4v) is 2.00. The molecule has 0 aliphatic rings. The van der Waals surface area contributed by atoms with Gasteiger partial charge in [-0.15, -0.1) is 5.10 Å². The van der Waals surface area contributed by atoms with Crippen LogP contribution in [-0.2, 0) is 6.61 Å². The van der Waals surface area contributed by atoms with Gasteiger partial charge in [-0.1, -0.05) is 11.3 Å². The molecule has 0 saturated heterocycles. The van der Waals surface area contributed by atoms with Crippen LogP contribution in [0.4, 0.5) is 0 Å². The summed E-state index contributed by atoms with van der Waals surface area (Å²) in [5.41, 5.74) is 1.87. The first-order valence-electron chi connectivity index (χ1n) is 6.07. The number of hydrogen-bond acceptors (Lipinski definition) is 5. The van der Waals surface area contributed by atoms with Crippen LogP contribution in [0.15, 0.2) is 47.1 Å². The third kappa shape index (κ3) is 2.06. The van der Waals surface area contributed by atoms with Gasteiger partial charge < -0.3 is 14.3 Å². The molecule has 0 amide bonds. The fourth-order valence-electron chi connectivity index (χ4n) is 2.00. The molecule has 0 saturated carbocycles. The second-order valence-corrected chi connectivity index (χ2v) is 4.13. The minimum Gasteiger partial charge on any atom is -0.497 e. The average Bonchev–Trinajstić information content (AvgIpc) is 3.15. The lowest BCUT2D eigenvalue weighted by Gasteiger charge is -2.07. The number of methoxy groups -OCH3 is 1. The van der Waals surface area contributed by atoms with Gasteiger partial charge in [-0.05, 0) is 24.3 Å². The standard InChI is InChI=1S/C14H13N3O3/c1-19-11-5-2-4-10(8-11)17-14(12(9-18)15-16-17)13-6-3-7-20-13/h2-8,18H,9H2,1H3. The topological polar surface area (TPSA) is 73.3 Å². The summed E-state index contributed by atoms with van der Waals surface area (Å²) in [6.07, 6.45) is 1.57. The molecular weight excluding hydrogens is 258 g/mol. The highest BCUT2D eigenvalue weighted by Crippen LogP contribution is 2.27. The number of benzene rings is 1. The Morgan fingerprint density at radius 1 is 1.30 bits per heavy atom. The van der Waals surface area contributed by atoms with Crippen LogP contribution in [0.1, 0.15) is 5.69 Å². The molecule has 0 fully saturated rings. The molecule has 6 heteroatoms. The van der Waals surface area contributed by atoms with Crippen molar-refractivity contribution in [2.24, 2.45) is 0 Å². The molecule has 1 aromatic carbocycles. The Hall–Kier alpha value is -2.60. The van der Waals surface area contributed by atoms with Crippen molar-refractivity contribution in [1.29, 1.82) is 0 Å². The van der Waals surface area contributed by atoms with Gasteiger partial charge in [0.2, 0.25) is 0 Å². The molecule has 0 spiro atoms. The molecular formula is C14H13N3O3. The Kier molecular flexibility index (Phi) is 3.22. The predicted octanol–water partition coefficient (Wildman–Crippen LogP) is 2.03. The van der Waals surface area contributed by atoms with Crippen LogP contribution in [-0.4, -0.2) is 27.2 Å². The maximum atomic E-state index is 9.40. The van der Waals surface area contributed by atoms with Crippen molar-refractivity contribution >= 4 is 0 Å². The molecule has 6 nitrogen and oxygen atoms in total. The smallest absolute Gasteiger partial charge is 0.154 e. The van der Waals surface area contributed by atoms with Gasteiger partial charge in [0, 0.05) is 6.07 Å². The fraction of sp³-hybridized carbons (Fsp3) is 0.143. The zero-order valence-corrected chi connectivity index (χ0v) is 10.9. The van der Waals surface area contributed by atoms with Crippen molar-refractivity contribution in [3.63, 3.8) is 0 Å². The highest BCUT2D eigenvalue weighted by molar-refractivity contribution is 5.59. The quantitative estimate of drug-likeness (QED) is 0.786. The maximum absolute atomic E-state index is 9.40. The minimum atomic E-state index is -0.208. The Bertz CT molecular complexity index is 704. The Labute approximate surface area is 115 Å². The van der Waals surface area contributed by atoms with Crippen LogP contribution in [0.3, 0.4) is 0 Å². The molecule has 3 aromatic rings. The molecule has 1 N–H and O–H groups in total. The van der Waals surface area contributed by atoms with E-state index < -0.39 is 0 Å². The first-order chi connectivity index (χ1) is 9.83. The molecule has 0 aliphatic carbocycles. The molecule has 0 aliphatic heterocycles. The first-order valence-corrected chi connectivity index (χ1v) is 6.07. The summed E-state index contributed by atoms with van der Waals surface area (Å²) in [7, 11) is 1.60. The zero-order valence-electron chi connectivity index (χ0n) is 10.9. The summed E-state index contributed by atoms with van der Waals surface area (Å²) in [5.74, 6) is 1.32. The number of aromatic nitrogens is 3. The van der Waals surface area contributed by atoms with E-state index in [1.165, 1.54) is 0 Å². The number of furan rings is 1. The van der Waals surface area contributed by atoms with Crippen molar-refractivity contribution < 1.29 is 14.3 Å². The average molecular weight is 271 g/mol. The molecule has 2 aromatic heterocycles. The van der Waals surface area contributed by atoms with Crippen molar-refractivity contribution in [2.45, 2.75) is 6.61 Å². The van der Waals surface area contributed by atoms with E-state index in [2.05, 4.69) is 10.3 Å². The van der Waals surface area contributed by atoms with Gasteiger partial charge in [-0.2, -0.15) is 0 Å². The highest BCUT2D eigenvalue weighted by atomic mass is 16.5. The molecule has 0 bridgehead atoms. The zero-order chi connectivity index (χ0) is 13.9. The number of aliphatic hydroxyl groups excluding tert-OH is 1. The van der Waals surface area contributed by atoms with E-state index in [1.807, 2.05) is 24.3 Å². The van der Waals surface area contributed by atoms with Gasteiger partial charge >= 0.3 is 0 Å². The van der Waals surface area contributed by atoms with Crippen molar-refractivity contribution in [2.75, 3.05) is 7.11 Å². The summed E-state index contributed by atoms with van der Waals surface area (Å²) in [6, 6.07) is 11.0. The van der Waals surface area contributed by atoms with Gasteiger partial charge in [0.15, 0.2) is 5.76 Å². The summed E-state index contributed by atoms with van der Waals surface area (Å²) in [5, 5.41) is 17.5. The maximum Gasteiger partial charge on any atom is 0.154 e. The van der Waals surface area contributed by atoms with E-state index in [-0.39, 0.29) is 6.61 Å². The van der Waals surface area contributed by atoms with E-state index >= 15 is 0 Å². The minimum absolute atomic E-state index is 0.208. The molecule has 0 unspecified atom stereocenters. The molecule has 3 rings (SSSR count). The van der Waals surface area contributed by atoms with Gasteiger partial charge in [0.05, 0.1) is 25.7 Å². The molecule has 0 radical (unpaired) electrons. The first kappa shape index (κ1) is 12.4. The van der Waals surface area contributed by atoms with E-state index in [9.17, 15) is 5.11 Å². The monoisotopic (exact) mass is 271 g/mol. The predicted molar refractivity (Wildman–Crippen MR) is 71.5 cm³/mol. The Morgan fingerprint density at radius 3 is 2.90 bits per heavy atom. The Balaban J connectivity index is 2.16.